The van der Waals surface area contributed by atoms with E-state index in [2.05, 4.69) is 21.6 Å². The molecule has 0 radical (unpaired) electrons. The van der Waals surface area contributed by atoms with Crippen molar-refractivity contribution in [1.29, 1.82) is 0 Å². The number of ether oxygens (including phenoxy) is 1. The molecule has 1 aromatic rings. The second-order valence-corrected chi connectivity index (χ2v) is 3.36. The fourth-order valence-electron chi connectivity index (χ4n) is 1.25. The number of alkyl halides is 2. The second-order valence-electron chi connectivity index (χ2n) is 3.36. The van der Waals surface area contributed by atoms with Crippen LogP contribution < -0.4 is 15.8 Å². The van der Waals surface area contributed by atoms with E-state index in [1.54, 1.807) is 24.3 Å². The van der Waals surface area contributed by atoms with E-state index in [0.29, 0.717) is 12.1 Å². The van der Waals surface area contributed by atoms with Gasteiger partial charge >= 0.3 is 6.61 Å². The third-order valence-corrected chi connectivity index (χ3v) is 2.04. The lowest BCUT2D eigenvalue weighted by molar-refractivity contribution is -0.0504. The average Bonchev–Trinajstić information content (AvgIpc) is 2.34. The predicted octanol–water partition coefficient (Wildman–Crippen LogP) is 1.88. The summed E-state index contributed by atoms with van der Waals surface area (Å²) in [6.07, 6.45) is 1.64. The van der Waals surface area contributed by atoms with Crippen LogP contribution in [-0.2, 0) is 6.54 Å². The van der Waals surface area contributed by atoms with Gasteiger partial charge in [-0.1, -0.05) is 24.3 Å². The Morgan fingerprint density at radius 1 is 1.50 bits per heavy atom. The quantitative estimate of drug-likeness (QED) is 0.463. The standard InChI is InChI=1S/C12H15F2N3O/c1-2-7-16-12(15)17-8-9-5-3-4-6-10(9)18-11(13)14/h2-6,11H,1,7-8H2,(H3,15,16,17). The van der Waals surface area contributed by atoms with Gasteiger partial charge in [-0.15, -0.1) is 6.58 Å². The zero-order chi connectivity index (χ0) is 13.4. The number of para-hydroxylation sites is 1. The predicted molar refractivity (Wildman–Crippen MR) is 66.6 cm³/mol. The van der Waals surface area contributed by atoms with Gasteiger partial charge in [0.15, 0.2) is 5.96 Å². The van der Waals surface area contributed by atoms with Gasteiger partial charge in [0.05, 0.1) is 6.54 Å². The summed E-state index contributed by atoms with van der Waals surface area (Å²) in [6.45, 7) is 1.32. The maximum Gasteiger partial charge on any atom is 0.387 e. The number of nitrogens with one attached hydrogen (secondary N) is 1. The smallest absolute Gasteiger partial charge is 0.387 e. The van der Waals surface area contributed by atoms with E-state index < -0.39 is 6.61 Å². The first-order valence-corrected chi connectivity index (χ1v) is 5.31. The van der Waals surface area contributed by atoms with Gasteiger partial charge in [0.1, 0.15) is 5.75 Å². The molecule has 0 aliphatic rings. The molecular formula is C12H15F2N3O. The van der Waals surface area contributed by atoms with E-state index in [1.807, 2.05) is 0 Å². The molecule has 0 aliphatic heterocycles. The molecule has 3 N–H and O–H groups in total. The molecule has 4 nitrogen and oxygen atoms in total. The van der Waals surface area contributed by atoms with Crippen LogP contribution in [0.4, 0.5) is 8.78 Å². The monoisotopic (exact) mass is 255 g/mol. The van der Waals surface area contributed by atoms with Crippen LogP contribution >= 0.6 is 0 Å². The van der Waals surface area contributed by atoms with Crippen molar-refractivity contribution in [2.45, 2.75) is 13.2 Å². The maximum atomic E-state index is 12.2. The molecule has 1 aromatic carbocycles. The zero-order valence-corrected chi connectivity index (χ0v) is 9.77. The highest BCUT2D eigenvalue weighted by Gasteiger charge is 2.08. The van der Waals surface area contributed by atoms with Gasteiger partial charge in [0.25, 0.3) is 0 Å². The normalized spacial score (nSPS) is 11.4. The summed E-state index contributed by atoms with van der Waals surface area (Å²) >= 11 is 0. The van der Waals surface area contributed by atoms with Crippen molar-refractivity contribution in [1.82, 2.24) is 5.32 Å². The van der Waals surface area contributed by atoms with E-state index in [4.69, 9.17) is 5.73 Å². The molecule has 0 aliphatic carbocycles. The largest absolute Gasteiger partial charge is 0.434 e. The van der Waals surface area contributed by atoms with Crippen molar-refractivity contribution in [2.75, 3.05) is 6.54 Å². The van der Waals surface area contributed by atoms with Gasteiger partial charge in [0.2, 0.25) is 0 Å². The van der Waals surface area contributed by atoms with Crippen molar-refractivity contribution in [3.8, 4) is 5.75 Å². The fraction of sp³-hybridized carbons (Fsp3) is 0.250. The minimum atomic E-state index is -2.86. The third kappa shape index (κ3) is 4.82. The summed E-state index contributed by atoms with van der Waals surface area (Å²) in [5.41, 5.74) is 6.10. The van der Waals surface area contributed by atoms with Crippen LogP contribution in [0.5, 0.6) is 5.75 Å². The van der Waals surface area contributed by atoms with Gasteiger partial charge in [0, 0.05) is 12.1 Å². The number of aliphatic imine (C=N–C) groups is 1. The highest BCUT2D eigenvalue weighted by atomic mass is 19.3. The fourth-order valence-corrected chi connectivity index (χ4v) is 1.25. The molecule has 0 aromatic heterocycles. The van der Waals surface area contributed by atoms with Crippen molar-refractivity contribution in [3.05, 3.63) is 42.5 Å². The number of nitrogens with two attached hydrogens (primary N) is 1. The van der Waals surface area contributed by atoms with E-state index in [9.17, 15) is 8.78 Å². The molecule has 0 amide bonds. The van der Waals surface area contributed by atoms with E-state index in [0.717, 1.165) is 0 Å². The van der Waals surface area contributed by atoms with Gasteiger partial charge in [-0.3, -0.25) is 0 Å². The first-order valence-electron chi connectivity index (χ1n) is 5.31. The summed E-state index contributed by atoms with van der Waals surface area (Å²) in [7, 11) is 0. The third-order valence-electron chi connectivity index (χ3n) is 2.04. The SMILES string of the molecule is C=CCNC(N)=NCc1ccccc1OC(F)F. The second kappa shape index (κ2) is 7.26. The minimum Gasteiger partial charge on any atom is -0.434 e. The lowest BCUT2D eigenvalue weighted by Gasteiger charge is -2.09. The van der Waals surface area contributed by atoms with Gasteiger partial charge in [-0.2, -0.15) is 8.78 Å². The van der Waals surface area contributed by atoms with E-state index in [-0.39, 0.29) is 18.3 Å². The molecule has 0 fully saturated rings. The van der Waals surface area contributed by atoms with Gasteiger partial charge in [-0.25, -0.2) is 4.99 Å². The molecule has 0 saturated carbocycles. The van der Waals surface area contributed by atoms with Crippen LogP contribution in [0.1, 0.15) is 5.56 Å². The van der Waals surface area contributed by atoms with Crippen LogP contribution in [0.15, 0.2) is 41.9 Å². The summed E-state index contributed by atoms with van der Waals surface area (Å²) in [5.74, 6) is 0.328. The number of benzene rings is 1. The maximum absolute atomic E-state index is 12.2. The number of hydrogen-bond acceptors (Lipinski definition) is 2. The molecule has 0 atom stereocenters. The molecule has 0 bridgehead atoms. The molecule has 0 saturated heterocycles. The highest BCUT2D eigenvalue weighted by Crippen LogP contribution is 2.20. The first kappa shape index (κ1) is 14.0. The average molecular weight is 255 g/mol. The van der Waals surface area contributed by atoms with Crippen molar-refractivity contribution in [2.24, 2.45) is 10.7 Å². The van der Waals surface area contributed by atoms with Crippen LogP contribution in [0.3, 0.4) is 0 Å². The summed E-state index contributed by atoms with van der Waals surface area (Å²) in [4.78, 5) is 4.01. The molecular weight excluding hydrogens is 240 g/mol. The topological polar surface area (TPSA) is 59.6 Å². The summed E-state index contributed by atoms with van der Waals surface area (Å²) in [6, 6.07) is 6.45. The molecule has 0 spiro atoms. The minimum absolute atomic E-state index is 0.104. The first-order chi connectivity index (χ1) is 8.63. The van der Waals surface area contributed by atoms with Crippen molar-refractivity contribution >= 4 is 5.96 Å². The Morgan fingerprint density at radius 2 is 2.22 bits per heavy atom. The van der Waals surface area contributed by atoms with Crippen molar-refractivity contribution < 1.29 is 13.5 Å². The number of rotatable bonds is 6. The summed E-state index contributed by atoms with van der Waals surface area (Å²) < 4.78 is 28.7. The Balaban J connectivity index is 2.68. The van der Waals surface area contributed by atoms with Gasteiger partial charge < -0.3 is 15.8 Å². The Kier molecular flexibility index (Phi) is 5.63. The van der Waals surface area contributed by atoms with Crippen LogP contribution in [0.2, 0.25) is 0 Å². The van der Waals surface area contributed by atoms with E-state index >= 15 is 0 Å². The molecule has 0 unspecified atom stereocenters. The lowest BCUT2D eigenvalue weighted by Crippen LogP contribution is -2.31. The van der Waals surface area contributed by atoms with E-state index in [1.165, 1.54) is 6.07 Å². The zero-order valence-electron chi connectivity index (χ0n) is 9.77. The molecule has 0 heterocycles. The van der Waals surface area contributed by atoms with Crippen LogP contribution in [0.25, 0.3) is 0 Å². The number of guanidine groups is 1. The Hall–Kier alpha value is -2.11. The number of nitrogens with zero attached hydrogens (tertiary/aromatic N) is 1. The molecule has 1 rings (SSSR count). The summed E-state index contributed by atoms with van der Waals surface area (Å²) in [5, 5.41) is 2.78. The van der Waals surface area contributed by atoms with Crippen molar-refractivity contribution in [3.63, 3.8) is 0 Å². The Morgan fingerprint density at radius 3 is 2.89 bits per heavy atom. The number of hydrogen-bond donors (Lipinski definition) is 2. The number of halogens is 2. The lowest BCUT2D eigenvalue weighted by atomic mass is 10.2. The molecule has 18 heavy (non-hydrogen) atoms. The molecule has 98 valence electrons. The Labute approximate surface area is 104 Å². The Bertz CT molecular complexity index is 422. The highest BCUT2D eigenvalue weighted by molar-refractivity contribution is 5.77. The van der Waals surface area contributed by atoms with Crippen LogP contribution in [0, 0.1) is 0 Å². The van der Waals surface area contributed by atoms with Gasteiger partial charge in [-0.05, 0) is 6.07 Å². The molecule has 6 heteroatoms. The van der Waals surface area contributed by atoms with Crippen LogP contribution in [-0.4, -0.2) is 19.1 Å².